The standard InChI is InChI=1S/C13H10F3N3O2/c1-19-6-7(2-5-10(19)20)13(21)18-17-9-4-3-8(14)11(15)12(9)16/h2-6,17H,1H3,(H,18,21). The number of carbonyl (C=O) groups excluding carboxylic acids is 1. The second-order valence-electron chi connectivity index (χ2n) is 4.17. The van der Waals surface area contributed by atoms with Gasteiger partial charge >= 0.3 is 0 Å². The van der Waals surface area contributed by atoms with Gasteiger partial charge in [0.15, 0.2) is 17.5 Å². The molecule has 0 radical (unpaired) electrons. The summed E-state index contributed by atoms with van der Waals surface area (Å²) in [6.45, 7) is 0. The quantitative estimate of drug-likeness (QED) is 0.667. The molecule has 0 aliphatic carbocycles. The monoisotopic (exact) mass is 297 g/mol. The molecule has 2 aromatic rings. The van der Waals surface area contributed by atoms with Crippen molar-refractivity contribution in [2.45, 2.75) is 0 Å². The summed E-state index contributed by atoms with van der Waals surface area (Å²) >= 11 is 0. The van der Waals surface area contributed by atoms with Gasteiger partial charge in [0.1, 0.15) is 0 Å². The Hall–Kier alpha value is -2.77. The predicted molar refractivity (Wildman–Crippen MR) is 69.1 cm³/mol. The molecule has 0 aliphatic rings. The van der Waals surface area contributed by atoms with Gasteiger partial charge < -0.3 is 4.57 Å². The highest BCUT2D eigenvalue weighted by Crippen LogP contribution is 2.18. The van der Waals surface area contributed by atoms with Gasteiger partial charge in [-0.1, -0.05) is 0 Å². The SMILES string of the molecule is Cn1cc(C(=O)NNc2ccc(F)c(F)c2F)ccc1=O. The Bertz CT molecular complexity index is 759. The second kappa shape index (κ2) is 5.70. The molecule has 2 rings (SSSR count). The smallest absolute Gasteiger partial charge is 0.271 e. The lowest BCUT2D eigenvalue weighted by Crippen LogP contribution is -2.31. The van der Waals surface area contributed by atoms with Gasteiger partial charge in [-0.2, -0.15) is 0 Å². The maximum Gasteiger partial charge on any atom is 0.271 e. The molecule has 5 nitrogen and oxygen atoms in total. The highest BCUT2D eigenvalue weighted by Gasteiger charge is 2.14. The normalized spacial score (nSPS) is 10.3. The summed E-state index contributed by atoms with van der Waals surface area (Å²) in [5.74, 6) is -5.09. The number of nitrogens with one attached hydrogen (secondary N) is 2. The topological polar surface area (TPSA) is 63.1 Å². The number of halogens is 3. The maximum absolute atomic E-state index is 13.4. The van der Waals surface area contributed by atoms with Crippen molar-refractivity contribution in [2.75, 3.05) is 5.43 Å². The van der Waals surface area contributed by atoms with Gasteiger partial charge in [-0.05, 0) is 18.2 Å². The van der Waals surface area contributed by atoms with Crippen LogP contribution in [-0.2, 0) is 7.05 Å². The van der Waals surface area contributed by atoms with Gasteiger partial charge in [0, 0.05) is 19.3 Å². The van der Waals surface area contributed by atoms with Crippen molar-refractivity contribution in [3.05, 3.63) is 63.8 Å². The Kier molecular flexibility index (Phi) is 3.97. The molecule has 21 heavy (non-hydrogen) atoms. The molecular weight excluding hydrogens is 287 g/mol. The van der Waals surface area contributed by atoms with Gasteiger partial charge in [0.25, 0.3) is 5.91 Å². The van der Waals surface area contributed by atoms with Crippen LogP contribution in [0.1, 0.15) is 10.4 Å². The third-order valence-corrected chi connectivity index (χ3v) is 2.69. The van der Waals surface area contributed by atoms with Gasteiger partial charge in [0.05, 0.1) is 11.3 Å². The lowest BCUT2D eigenvalue weighted by molar-refractivity contribution is 0.0961. The van der Waals surface area contributed by atoms with E-state index in [1.54, 1.807) is 0 Å². The van der Waals surface area contributed by atoms with E-state index in [1.807, 2.05) is 0 Å². The van der Waals surface area contributed by atoms with Crippen LogP contribution in [0.3, 0.4) is 0 Å². The number of aromatic nitrogens is 1. The highest BCUT2D eigenvalue weighted by atomic mass is 19.2. The van der Waals surface area contributed by atoms with Crippen LogP contribution in [0.4, 0.5) is 18.9 Å². The summed E-state index contributed by atoms with van der Waals surface area (Å²) in [6, 6.07) is 4.13. The third kappa shape index (κ3) is 3.04. The maximum atomic E-state index is 13.4. The number of anilines is 1. The van der Waals surface area contributed by atoms with Crippen LogP contribution in [0.2, 0.25) is 0 Å². The largest absolute Gasteiger partial charge is 0.318 e. The van der Waals surface area contributed by atoms with Crippen LogP contribution in [0.5, 0.6) is 0 Å². The Labute approximate surface area is 117 Å². The first kappa shape index (κ1) is 14.6. The Balaban J connectivity index is 2.13. The molecule has 0 aliphatic heterocycles. The molecule has 0 fully saturated rings. The van der Waals surface area contributed by atoms with E-state index >= 15 is 0 Å². The molecule has 1 aromatic heterocycles. The number of hydrazine groups is 1. The second-order valence-corrected chi connectivity index (χ2v) is 4.17. The van der Waals surface area contributed by atoms with E-state index in [4.69, 9.17) is 0 Å². The zero-order chi connectivity index (χ0) is 15.6. The van der Waals surface area contributed by atoms with Crippen LogP contribution in [0.15, 0.2) is 35.3 Å². The number of rotatable bonds is 3. The minimum absolute atomic E-state index is 0.132. The van der Waals surface area contributed by atoms with Crippen molar-refractivity contribution in [3.8, 4) is 0 Å². The number of hydrogen-bond acceptors (Lipinski definition) is 3. The minimum atomic E-state index is -1.64. The number of benzene rings is 1. The molecule has 1 aromatic carbocycles. The average Bonchev–Trinajstić information content (AvgIpc) is 2.46. The Morgan fingerprint density at radius 2 is 1.81 bits per heavy atom. The van der Waals surface area contributed by atoms with Crippen molar-refractivity contribution in [1.82, 2.24) is 9.99 Å². The van der Waals surface area contributed by atoms with E-state index in [-0.39, 0.29) is 11.1 Å². The number of pyridine rings is 1. The van der Waals surface area contributed by atoms with E-state index in [1.165, 1.54) is 29.9 Å². The van der Waals surface area contributed by atoms with Crippen LogP contribution in [-0.4, -0.2) is 10.5 Å². The van der Waals surface area contributed by atoms with E-state index in [9.17, 15) is 22.8 Å². The zero-order valence-electron chi connectivity index (χ0n) is 10.8. The third-order valence-electron chi connectivity index (χ3n) is 2.69. The molecule has 0 saturated carbocycles. The van der Waals surface area contributed by atoms with Crippen molar-refractivity contribution >= 4 is 11.6 Å². The van der Waals surface area contributed by atoms with E-state index in [0.29, 0.717) is 0 Å². The number of carbonyl (C=O) groups is 1. The van der Waals surface area contributed by atoms with Crippen LogP contribution < -0.4 is 16.4 Å². The first-order valence-electron chi connectivity index (χ1n) is 5.76. The number of hydrogen-bond donors (Lipinski definition) is 2. The highest BCUT2D eigenvalue weighted by molar-refractivity contribution is 5.94. The molecule has 8 heteroatoms. The van der Waals surface area contributed by atoms with Crippen molar-refractivity contribution in [3.63, 3.8) is 0 Å². The summed E-state index contributed by atoms with van der Waals surface area (Å²) in [5.41, 5.74) is 3.67. The molecule has 0 saturated heterocycles. The summed E-state index contributed by atoms with van der Waals surface area (Å²) in [4.78, 5) is 22.9. The Morgan fingerprint density at radius 3 is 2.48 bits per heavy atom. The zero-order valence-corrected chi connectivity index (χ0v) is 10.8. The van der Waals surface area contributed by atoms with E-state index in [0.717, 1.165) is 12.1 Å². The van der Waals surface area contributed by atoms with Crippen molar-refractivity contribution in [2.24, 2.45) is 7.05 Å². The predicted octanol–water partition coefficient (Wildman–Crippen LogP) is 1.56. The molecule has 0 bridgehead atoms. The van der Waals surface area contributed by atoms with Gasteiger partial charge in [-0.3, -0.25) is 20.4 Å². The first-order valence-corrected chi connectivity index (χ1v) is 5.76. The Morgan fingerprint density at radius 1 is 1.10 bits per heavy atom. The van der Waals surface area contributed by atoms with Crippen LogP contribution >= 0.6 is 0 Å². The summed E-state index contributed by atoms with van der Waals surface area (Å²) in [5, 5.41) is 0. The summed E-state index contributed by atoms with van der Waals surface area (Å²) < 4.78 is 40.3. The van der Waals surface area contributed by atoms with Crippen molar-refractivity contribution < 1.29 is 18.0 Å². The van der Waals surface area contributed by atoms with Gasteiger partial charge in [-0.25, -0.2) is 13.2 Å². The van der Waals surface area contributed by atoms with E-state index < -0.39 is 29.0 Å². The lowest BCUT2D eigenvalue weighted by atomic mass is 10.2. The average molecular weight is 297 g/mol. The number of nitrogens with zero attached hydrogens (tertiary/aromatic N) is 1. The van der Waals surface area contributed by atoms with Crippen LogP contribution in [0, 0.1) is 17.5 Å². The number of aryl methyl sites for hydroxylation is 1. The van der Waals surface area contributed by atoms with Crippen LogP contribution in [0.25, 0.3) is 0 Å². The molecule has 0 atom stereocenters. The molecule has 1 amide bonds. The van der Waals surface area contributed by atoms with E-state index in [2.05, 4.69) is 10.9 Å². The summed E-state index contributed by atoms with van der Waals surface area (Å²) in [7, 11) is 1.46. The molecular formula is C13H10F3N3O2. The fraction of sp³-hybridized carbons (Fsp3) is 0.0769. The minimum Gasteiger partial charge on any atom is -0.318 e. The molecule has 110 valence electrons. The molecule has 1 heterocycles. The molecule has 0 unspecified atom stereocenters. The van der Waals surface area contributed by atoms with Crippen molar-refractivity contribution in [1.29, 1.82) is 0 Å². The molecule has 2 N–H and O–H groups in total. The first-order chi connectivity index (χ1) is 9.90. The van der Waals surface area contributed by atoms with Gasteiger partial charge in [0.2, 0.25) is 5.56 Å². The molecule has 0 spiro atoms. The fourth-order valence-corrected chi connectivity index (χ4v) is 1.55. The lowest BCUT2D eigenvalue weighted by Gasteiger charge is -2.10. The van der Waals surface area contributed by atoms with Gasteiger partial charge in [-0.15, -0.1) is 0 Å². The summed E-state index contributed by atoms with van der Waals surface area (Å²) in [6.07, 6.45) is 1.28. The number of amides is 1. The fourth-order valence-electron chi connectivity index (χ4n) is 1.55.